The van der Waals surface area contributed by atoms with Gasteiger partial charge in [0.25, 0.3) is 17.5 Å². The lowest BCUT2D eigenvalue weighted by Gasteiger charge is -2.29. The molecule has 2 N–H and O–H groups in total. The molecule has 166 valence electrons. The molecular formula is C22H17FN5O5+. The van der Waals surface area contributed by atoms with Crippen molar-refractivity contribution in [2.24, 2.45) is 4.99 Å². The van der Waals surface area contributed by atoms with Crippen LogP contribution in [0.1, 0.15) is 17.3 Å². The Balaban J connectivity index is 1.66. The fourth-order valence-corrected chi connectivity index (χ4v) is 3.80. The molecule has 1 atom stereocenters. The van der Waals surface area contributed by atoms with Gasteiger partial charge in [-0.1, -0.05) is 12.1 Å². The van der Waals surface area contributed by atoms with Crippen molar-refractivity contribution in [3.05, 3.63) is 76.7 Å². The van der Waals surface area contributed by atoms with Crippen molar-refractivity contribution in [2.75, 3.05) is 7.05 Å². The number of nitrogens with zero attached hydrogens (tertiary/aromatic N) is 4. The maximum Gasteiger partial charge on any atom is 0.434 e. The van der Waals surface area contributed by atoms with Crippen molar-refractivity contribution >= 4 is 29.0 Å². The molecule has 0 saturated heterocycles. The largest absolute Gasteiger partial charge is 0.504 e. The summed E-state index contributed by atoms with van der Waals surface area (Å²) in [6.45, 7) is 1.61. The second kappa shape index (κ2) is 7.62. The first-order chi connectivity index (χ1) is 15.9. The lowest BCUT2D eigenvalue weighted by atomic mass is 9.89. The van der Waals surface area contributed by atoms with Gasteiger partial charge in [0.2, 0.25) is 24.0 Å². The average Bonchev–Trinajstić information content (AvgIpc) is 3.25. The van der Waals surface area contributed by atoms with Crippen LogP contribution in [0.3, 0.4) is 0 Å². The van der Waals surface area contributed by atoms with Gasteiger partial charge in [-0.3, -0.25) is 4.79 Å². The smallest absolute Gasteiger partial charge is 0.434 e. The van der Waals surface area contributed by atoms with Gasteiger partial charge >= 0.3 is 5.91 Å². The first-order valence-electron chi connectivity index (χ1n) is 9.94. The van der Waals surface area contributed by atoms with Crippen molar-refractivity contribution in [1.82, 2.24) is 15.5 Å². The number of ether oxygens (including phenoxy) is 1. The lowest BCUT2D eigenvalue weighted by Crippen LogP contribution is -2.50. The number of halogens is 1. The van der Waals surface area contributed by atoms with Crippen LogP contribution < -0.4 is 5.32 Å². The van der Waals surface area contributed by atoms with Crippen LogP contribution in [0.2, 0.25) is 0 Å². The number of carbonyl (C=O) groups excluding carboxylic acids is 2. The fraction of sp³-hybridized carbons (Fsp3) is 0.182. The molecule has 1 aromatic heterocycles. The number of aryl methyl sites for hydroxylation is 1. The first kappa shape index (κ1) is 20.5. The van der Waals surface area contributed by atoms with Crippen molar-refractivity contribution in [2.45, 2.75) is 19.4 Å². The topological polar surface area (TPSA) is 130 Å². The van der Waals surface area contributed by atoms with Crippen LogP contribution in [-0.2, 0) is 20.7 Å². The monoisotopic (exact) mass is 450 g/mol. The quantitative estimate of drug-likeness (QED) is 0.531. The van der Waals surface area contributed by atoms with Crippen LogP contribution in [0.5, 0.6) is 0 Å². The number of aliphatic hydroxyl groups is 1. The van der Waals surface area contributed by atoms with Gasteiger partial charge in [0.1, 0.15) is 5.82 Å². The van der Waals surface area contributed by atoms with Gasteiger partial charge in [-0.15, -0.1) is 14.8 Å². The maximum atomic E-state index is 13.3. The number of aliphatic hydroxyl groups excluding tert-OH is 1. The van der Waals surface area contributed by atoms with Crippen molar-refractivity contribution in [1.29, 1.82) is 0 Å². The van der Waals surface area contributed by atoms with Gasteiger partial charge in [-0.25, -0.2) is 14.2 Å². The van der Waals surface area contributed by atoms with E-state index in [0.717, 1.165) is 5.56 Å². The van der Waals surface area contributed by atoms with E-state index in [1.54, 1.807) is 19.1 Å². The predicted octanol–water partition coefficient (Wildman–Crippen LogP) is 1.35. The van der Waals surface area contributed by atoms with Crippen LogP contribution >= 0.6 is 0 Å². The minimum Gasteiger partial charge on any atom is -0.504 e. The standard InChI is InChI=1S/C22H16FN5O5/c1-10-26-27-21(32-10)14-9-28-17-16(18(29)15(22(28)31)20(30)24-2)25-8-12(19(17)33-14)7-11-3-5-13(23)6-4-11/h3-6,8-9,19H,7H2,1-2H3,(H-,24,29,30,31)/p+1. The summed E-state index contributed by atoms with van der Waals surface area (Å²) in [5.74, 6) is -1.96. The summed E-state index contributed by atoms with van der Waals surface area (Å²) in [6.07, 6.45) is 2.30. The van der Waals surface area contributed by atoms with E-state index in [1.807, 2.05) is 0 Å². The number of allylic oxidation sites excluding steroid dienone is 1. The van der Waals surface area contributed by atoms with E-state index in [4.69, 9.17) is 9.15 Å². The second-order valence-corrected chi connectivity index (χ2v) is 7.47. The highest BCUT2D eigenvalue weighted by Gasteiger charge is 2.52. The van der Waals surface area contributed by atoms with Gasteiger partial charge in [-0.05, 0) is 24.1 Å². The van der Waals surface area contributed by atoms with Crippen molar-refractivity contribution in [3.8, 4) is 0 Å². The Morgan fingerprint density at radius 2 is 2.03 bits per heavy atom. The molecule has 0 spiro atoms. The number of aromatic nitrogens is 2. The summed E-state index contributed by atoms with van der Waals surface area (Å²) in [5.41, 5.74) is 1.27. The van der Waals surface area contributed by atoms with Crippen LogP contribution in [0.15, 0.2) is 63.0 Å². The van der Waals surface area contributed by atoms with Crippen molar-refractivity contribution in [3.63, 3.8) is 0 Å². The summed E-state index contributed by atoms with van der Waals surface area (Å²) in [4.78, 5) is 29.9. The van der Waals surface area contributed by atoms with Crippen LogP contribution in [0.4, 0.5) is 4.39 Å². The molecular weight excluding hydrogens is 433 g/mol. The third kappa shape index (κ3) is 3.34. The number of benzene rings is 1. The molecule has 0 saturated carbocycles. The molecule has 2 aromatic rings. The molecule has 1 aromatic carbocycles. The van der Waals surface area contributed by atoms with Gasteiger partial charge < -0.3 is 19.6 Å². The number of aliphatic imine (C=N–C) groups is 1. The zero-order valence-electron chi connectivity index (χ0n) is 17.5. The van der Waals surface area contributed by atoms with Crippen LogP contribution in [0, 0.1) is 12.7 Å². The summed E-state index contributed by atoms with van der Waals surface area (Å²) in [7, 11) is 1.35. The lowest BCUT2D eigenvalue weighted by molar-refractivity contribution is -0.382. The van der Waals surface area contributed by atoms with E-state index in [-0.39, 0.29) is 28.9 Å². The number of hydrogen-bond donors (Lipinski definition) is 2. The second-order valence-electron chi connectivity index (χ2n) is 7.47. The Kier molecular flexibility index (Phi) is 4.73. The molecule has 0 bridgehead atoms. The highest BCUT2D eigenvalue weighted by molar-refractivity contribution is 6.52. The van der Waals surface area contributed by atoms with Crippen molar-refractivity contribution < 1.29 is 32.8 Å². The maximum absolute atomic E-state index is 13.3. The van der Waals surface area contributed by atoms with Gasteiger partial charge in [-0.2, -0.15) is 0 Å². The number of hydrogen-bond acceptors (Lipinski definition) is 8. The first-order valence-corrected chi connectivity index (χ1v) is 9.94. The Labute approximate surface area is 186 Å². The van der Waals surface area contributed by atoms with Gasteiger partial charge in [0.15, 0.2) is 17.0 Å². The molecule has 2 amide bonds. The number of nitrogens with one attached hydrogen (secondary N) is 1. The zero-order valence-corrected chi connectivity index (χ0v) is 17.5. The van der Waals surface area contributed by atoms with E-state index in [0.29, 0.717) is 17.9 Å². The molecule has 0 aliphatic carbocycles. The Morgan fingerprint density at radius 3 is 2.70 bits per heavy atom. The molecule has 0 radical (unpaired) electrons. The summed E-state index contributed by atoms with van der Waals surface area (Å²) >= 11 is 0. The van der Waals surface area contributed by atoms with E-state index >= 15 is 0 Å². The molecule has 10 nitrogen and oxygen atoms in total. The third-order valence-corrected chi connectivity index (χ3v) is 5.34. The average molecular weight is 450 g/mol. The molecule has 0 fully saturated rings. The van der Waals surface area contributed by atoms with Crippen LogP contribution in [-0.4, -0.2) is 56.3 Å². The molecule has 3 aliphatic heterocycles. The number of carbonyl (C=O) groups is 2. The van der Waals surface area contributed by atoms with Gasteiger partial charge in [0.05, 0.1) is 0 Å². The summed E-state index contributed by atoms with van der Waals surface area (Å²) in [6, 6.07) is 5.95. The van der Waals surface area contributed by atoms with Crippen LogP contribution in [0.25, 0.3) is 5.76 Å². The molecule has 1 unspecified atom stereocenters. The Hall–Kier alpha value is -4.41. The number of amides is 2. The SMILES string of the molecule is CNC(=O)C1=C(O)C2=NC=C(Cc3ccc(F)cc3)C3OC(c4nnc(C)o4)=C[N+](=C23)C1=O. The molecule has 4 heterocycles. The highest BCUT2D eigenvalue weighted by Crippen LogP contribution is 2.33. The minimum absolute atomic E-state index is 0.0399. The predicted molar refractivity (Wildman–Crippen MR) is 112 cm³/mol. The zero-order chi connectivity index (χ0) is 23.3. The molecule has 3 aliphatic rings. The third-order valence-electron chi connectivity index (χ3n) is 5.34. The highest BCUT2D eigenvalue weighted by atomic mass is 19.1. The normalized spacial score (nSPS) is 19.4. The fourth-order valence-electron chi connectivity index (χ4n) is 3.80. The van der Waals surface area contributed by atoms with E-state index in [9.17, 15) is 19.1 Å². The number of likely N-dealkylation sites (N-methyl/N-ethyl adjacent to an activating group) is 1. The minimum atomic E-state index is -0.855. The Bertz CT molecular complexity index is 1360. The number of rotatable bonds is 4. The molecule has 5 rings (SSSR count). The molecule has 11 heteroatoms. The summed E-state index contributed by atoms with van der Waals surface area (Å²) < 4.78 is 26.1. The van der Waals surface area contributed by atoms with E-state index < -0.39 is 29.3 Å². The van der Waals surface area contributed by atoms with E-state index in [2.05, 4.69) is 20.5 Å². The van der Waals surface area contributed by atoms with Gasteiger partial charge in [0, 0.05) is 25.7 Å². The Morgan fingerprint density at radius 1 is 1.27 bits per heavy atom. The summed E-state index contributed by atoms with van der Waals surface area (Å²) in [5, 5.41) is 20.8. The molecule has 33 heavy (non-hydrogen) atoms. The van der Waals surface area contributed by atoms with E-state index in [1.165, 1.54) is 36.2 Å².